The molecule has 0 atom stereocenters. The molecular formula is C25H25F2N5O. The quantitative estimate of drug-likeness (QED) is 0.467. The molecule has 0 aliphatic carbocycles. The molecule has 0 radical (unpaired) electrons. The van der Waals surface area contributed by atoms with Gasteiger partial charge in [0.1, 0.15) is 23.0 Å². The van der Waals surface area contributed by atoms with E-state index in [2.05, 4.69) is 15.3 Å². The number of imidazole rings is 1. The van der Waals surface area contributed by atoms with Gasteiger partial charge in [-0.05, 0) is 50.3 Å². The van der Waals surface area contributed by atoms with Gasteiger partial charge in [0.15, 0.2) is 0 Å². The molecule has 1 aliphatic rings. The molecule has 33 heavy (non-hydrogen) atoms. The Morgan fingerprint density at radius 1 is 1.12 bits per heavy atom. The van der Waals surface area contributed by atoms with Gasteiger partial charge in [-0.1, -0.05) is 6.07 Å². The van der Waals surface area contributed by atoms with Crippen LogP contribution in [0.5, 0.6) is 5.75 Å². The Bertz CT molecular complexity index is 1350. The van der Waals surface area contributed by atoms with E-state index in [1.807, 2.05) is 32.0 Å². The summed E-state index contributed by atoms with van der Waals surface area (Å²) in [7, 11) is 3.82. The number of hydrogen-bond donors (Lipinski definition) is 1. The smallest absolute Gasteiger partial charge is 0.208 e. The molecule has 8 heteroatoms. The molecule has 6 nitrogen and oxygen atoms in total. The Balaban J connectivity index is 1.48. The average Bonchev–Trinajstić information content (AvgIpc) is 3.45. The van der Waals surface area contributed by atoms with Crippen LogP contribution in [-0.4, -0.2) is 40.0 Å². The van der Waals surface area contributed by atoms with Gasteiger partial charge in [0.2, 0.25) is 5.95 Å². The van der Waals surface area contributed by atoms with Gasteiger partial charge >= 0.3 is 0 Å². The molecule has 0 amide bonds. The fourth-order valence-electron chi connectivity index (χ4n) is 4.41. The number of aryl methyl sites for hydroxylation is 1. The van der Waals surface area contributed by atoms with Gasteiger partial charge in [-0.2, -0.15) is 0 Å². The third-order valence-electron chi connectivity index (χ3n) is 5.96. The van der Waals surface area contributed by atoms with E-state index in [0.29, 0.717) is 42.3 Å². The first kappa shape index (κ1) is 21.3. The summed E-state index contributed by atoms with van der Waals surface area (Å²) in [5.41, 5.74) is 5.20. The van der Waals surface area contributed by atoms with Crippen LogP contribution in [0.2, 0.25) is 0 Å². The molecule has 3 heterocycles. The molecule has 5 rings (SSSR count). The topological polar surface area (TPSA) is 54.7 Å². The highest BCUT2D eigenvalue weighted by molar-refractivity contribution is 5.80. The number of anilines is 1. The van der Waals surface area contributed by atoms with Crippen LogP contribution in [0.4, 0.5) is 14.7 Å². The summed E-state index contributed by atoms with van der Waals surface area (Å²) >= 11 is 0. The van der Waals surface area contributed by atoms with Crippen LogP contribution < -0.4 is 10.1 Å². The van der Waals surface area contributed by atoms with Gasteiger partial charge in [-0.15, -0.1) is 0 Å². The first-order chi connectivity index (χ1) is 15.9. The fourth-order valence-corrected chi connectivity index (χ4v) is 4.41. The zero-order valence-corrected chi connectivity index (χ0v) is 18.8. The van der Waals surface area contributed by atoms with E-state index in [4.69, 9.17) is 4.74 Å². The van der Waals surface area contributed by atoms with Gasteiger partial charge in [0.25, 0.3) is 0 Å². The van der Waals surface area contributed by atoms with Gasteiger partial charge in [-0.25, -0.2) is 18.7 Å². The summed E-state index contributed by atoms with van der Waals surface area (Å²) < 4.78 is 36.7. The van der Waals surface area contributed by atoms with Crippen LogP contribution in [0.15, 0.2) is 42.9 Å². The second-order valence-electron chi connectivity index (χ2n) is 8.57. The number of benzene rings is 2. The van der Waals surface area contributed by atoms with Crippen LogP contribution in [0.1, 0.15) is 22.3 Å². The molecule has 0 saturated carbocycles. The summed E-state index contributed by atoms with van der Waals surface area (Å²) in [5.74, 6) is 0.741. The van der Waals surface area contributed by atoms with E-state index in [0.717, 1.165) is 28.0 Å². The van der Waals surface area contributed by atoms with Crippen molar-refractivity contribution in [2.75, 3.05) is 26.0 Å². The van der Waals surface area contributed by atoms with E-state index >= 15 is 0 Å². The van der Waals surface area contributed by atoms with E-state index in [1.165, 1.54) is 6.07 Å². The molecule has 0 spiro atoms. The fraction of sp³-hybridized carbons (Fsp3) is 0.280. The van der Waals surface area contributed by atoms with Gasteiger partial charge in [0.05, 0.1) is 6.61 Å². The number of ether oxygens (including phenoxy) is 1. The average molecular weight is 450 g/mol. The second kappa shape index (κ2) is 8.44. The number of nitrogens with zero attached hydrogens (tertiary/aromatic N) is 4. The number of rotatable bonds is 6. The molecule has 1 aliphatic heterocycles. The third-order valence-corrected chi connectivity index (χ3v) is 5.96. The van der Waals surface area contributed by atoms with Crippen LogP contribution in [0.25, 0.3) is 16.8 Å². The standard InChI is InChI=1S/C25H25F2N5O/c1-15-10-16(14-31(2)3)22(27)11-18(15)20-13-30-25(32-8-7-28-24(20)32)29-12-19-17-6-9-33-23(17)5-4-21(19)26/h4-5,7-8,10-11,13H,6,9,12,14H2,1-3H3,(H,29,30). The Kier molecular flexibility index (Phi) is 5.46. The molecule has 2 aromatic carbocycles. The second-order valence-corrected chi connectivity index (χ2v) is 8.57. The summed E-state index contributed by atoms with van der Waals surface area (Å²) in [6.07, 6.45) is 5.83. The maximum Gasteiger partial charge on any atom is 0.208 e. The van der Waals surface area contributed by atoms with E-state index < -0.39 is 0 Å². The predicted octanol–water partition coefficient (Wildman–Crippen LogP) is 4.59. The Labute approximate surface area is 190 Å². The van der Waals surface area contributed by atoms with Crippen LogP contribution >= 0.6 is 0 Å². The molecule has 4 aromatic rings. The van der Waals surface area contributed by atoms with Crippen molar-refractivity contribution in [3.05, 3.63) is 76.7 Å². The zero-order chi connectivity index (χ0) is 23.1. The number of aromatic nitrogens is 3. The molecule has 0 fully saturated rings. The lowest BCUT2D eigenvalue weighted by molar-refractivity contribution is 0.356. The lowest BCUT2D eigenvalue weighted by Crippen LogP contribution is -2.12. The highest BCUT2D eigenvalue weighted by atomic mass is 19.1. The lowest BCUT2D eigenvalue weighted by Gasteiger charge is -2.16. The number of fused-ring (bicyclic) bond motifs is 2. The zero-order valence-electron chi connectivity index (χ0n) is 18.8. The van der Waals surface area contributed by atoms with Crippen molar-refractivity contribution >= 4 is 11.6 Å². The van der Waals surface area contributed by atoms with Crippen molar-refractivity contribution in [1.29, 1.82) is 0 Å². The largest absolute Gasteiger partial charge is 0.493 e. The van der Waals surface area contributed by atoms with Crippen LogP contribution in [0.3, 0.4) is 0 Å². The molecule has 0 unspecified atom stereocenters. The summed E-state index contributed by atoms with van der Waals surface area (Å²) in [4.78, 5) is 11.0. The maximum absolute atomic E-state index is 14.8. The van der Waals surface area contributed by atoms with Crippen molar-refractivity contribution in [3.63, 3.8) is 0 Å². The molecule has 0 saturated heterocycles. The normalized spacial score (nSPS) is 12.9. The van der Waals surface area contributed by atoms with E-state index in [9.17, 15) is 8.78 Å². The van der Waals surface area contributed by atoms with Crippen molar-refractivity contribution in [2.45, 2.75) is 26.4 Å². The highest BCUT2D eigenvalue weighted by Crippen LogP contribution is 2.32. The summed E-state index contributed by atoms with van der Waals surface area (Å²) in [6, 6.07) is 6.53. The minimum atomic E-state index is -0.269. The first-order valence-electron chi connectivity index (χ1n) is 10.9. The Hall–Kier alpha value is -3.52. The SMILES string of the molecule is Cc1cc(CN(C)C)c(F)cc1-c1cnc(NCc2c(F)ccc3c2CCO3)n2ccnc12. The monoisotopic (exact) mass is 449 g/mol. The van der Waals surface area contributed by atoms with Crippen LogP contribution in [0, 0.1) is 18.6 Å². The molecule has 2 aromatic heterocycles. The van der Waals surface area contributed by atoms with Crippen LogP contribution in [-0.2, 0) is 19.5 Å². The van der Waals surface area contributed by atoms with Gasteiger partial charge in [-0.3, -0.25) is 4.40 Å². The van der Waals surface area contributed by atoms with Crippen molar-refractivity contribution in [2.24, 2.45) is 0 Å². The Morgan fingerprint density at radius 3 is 2.79 bits per heavy atom. The number of halogens is 2. The van der Waals surface area contributed by atoms with E-state index in [1.54, 1.807) is 35.1 Å². The predicted molar refractivity (Wildman–Crippen MR) is 123 cm³/mol. The molecular weight excluding hydrogens is 424 g/mol. The molecule has 1 N–H and O–H groups in total. The number of nitrogens with one attached hydrogen (secondary N) is 1. The lowest BCUT2D eigenvalue weighted by atomic mass is 9.99. The maximum atomic E-state index is 14.8. The first-order valence-corrected chi connectivity index (χ1v) is 10.9. The summed E-state index contributed by atoms with van der Waals surface area (Å²) in [6.45, 7) is 3.32. The molecule has 170 valence electrons. The van der Waals surface area contributed by atoms with Crippen molar-refractivity contribution in [3.8, 4) is 16.9 Å². The number of hydrogen-bond acceptors (Lipinski definition) is 5. The van der Waals surface area contributed by atoms with Crippen molar-refractivity contribution in [1.82, 2.24) is 19.3 Å². The minimum Gasteiger partial charge on any atom is -0.493 e. The summed E-state index contributed by atoms with van der Waals surface area (Å²) in [5, 5.41) is 3.23. The Morgan fingerprint density at radius 2 is 1.97 bits per heavy atom. The van der Waals surface area contributed by atoms with E-state index in [-0.39, 0.29) is 18.2 Å². The van der Waals surface area contributed by atoms with Crippen molar-refractivity contribution < 1.29 is 13.5 Å². The highest BCUT2D eigenvalue weighted by Gasteiger charge is 2.20. The van der Waals surface area contributed by atoms with Gasteiger partial charge in [0, 0.05) is 60.4 Å². The third kappa shape index (κ3) is 3.91. The van der Waals surface area contributed by atoms with Gasteiger partial charge < -0.3 is 15.0 Å². The minimum absolute atomic E-state index is 0.258. The molecule has 0 bridgehead atoms.